The van der Waals surface area contributed by atoms with Gasteiger partial charge in [0.15, 0.2) is 0 Å². The molecule has 1 heterocycles. The summed E-state index contributed by atoms with van der Waals surface area (Å²) < 4.78 is 3.29. The fourth-order valence-electron chi connectivity index (χ4n) is 2.82. The van der Waals surface area contributed by atoms with Crippen LogP contribution in [0.25, 0.3) is 10.9 Å². The van der Waals surface area contributed by atoms with Crippen LogP contribution in [0.3, 0.4) is 0 Å². The van der Waals surface area contributed by atoms with Gasteiger partial charge in [0.1, 0.15) is 0 Å². The first-order valence-electron chi connectivity index (χ1n) is 7.74. The van der Waals surface area contributed by atoms with Crippen LogP contribution in [0.1, 0.15) is 22.5 Å². The van der Waals surface area contributed by atoms with Crippen LogP contribution >= 0.6 is 22.6 Å². The Kier molecular flexibility index (Phi) is 5.00. The number of fused-ring (bicyclic) bond motifs is 1. The van der Waals surface area contributed by atoms with Crippen molar-refractivity contribution in [2.24, 2.45) is 0 Å². The van der Waals surface area contributed by atoms with Gasteiger partial charge in [0.2, 0.25) is 0 Å². The van der Waals surface area contributed by atoms with Crippen LogP contribution in [-0.4, -0.2) is 17.0 Å². The highest BCUT2D eigenvalue weighted by molar-refractivity contribution is 14.1. The molecule has 3 nitrogen and oxygen atoms in total. The molecule has 0 unspecified atom stereocenters. The number of carbonyl (C=O) groups excluding carboxylic acids is 1. The molecule has 1 N–H and O–H groups in total. The summed E-state index contributed by atoms with van der Waals surface area (Å²) in [6.45, 7) is 3.71. The predicted octanol–water partition coefficient (Wildman–Crippen LogP) is 4.37. The molecule has 0 spiro atoms. The number of carbonyl (C=O) groups is 1. The number of amides is 1. The van der Waals surface area contributed by atoms with Gasteiger partial charge in [-0.15, -0.1) is 0 Å². The average Bonchev–Trinajstić information content (AvgIpc) is 2.87. The molecule has 0 atom stereocenters. The van der Waals surface area contributed by atoms with E-state index in [1.807, 2.05) is 24.3 Å². The lowest BCUT2D eigenvalue weighted by Gasteiger charge is -2.10. The lowest BCUT2D eigenvalue weighted by atomic mass is 10.2. The Balaban J connectivity index is 1.58. The van der Waals surface area contributed by atoms with Crippen molar-refractivity contribution < 1.29 is 4.79 Å². The number of halogens is 1. The van der Waals surface area contributed by atoms with E-state index in [0.29, 0.717) is 6.54 Å². The summed E-state index contributed by atoms with van der Waals surface area (Å²) in [5, 5.41) is 4.28. The Morgan fingerprint density at radius 2 is 1.87 bits per heavy atom. The maximum atomic E-state index is 12.2. The summed E-state index contributed by atoms with van der Waals surface area (Å²) in [5.74, 6) is 0.00378. The number of benzene rings is 2. The molecular weight excluding hydrogens is 399 g/mol. The smallest absolute Gasteiger partial charge is 0.252 e. The Labute approximate surface area is 149 Å². The summed E-state index contributed by atoms with van der Waals surface area (Å²) in [5.41, 5.74) is 3.26. The molecule has 0 aliphatic heterocycles. The molecule has 0 aliphatic carbocycles. The van der Waals surface area contributed by atoms with Crippen LogP contribution in [-0.2, 0) is 6.54 Å². The molecule has 0 aliphatic rings. The van der Waals surface area contributed by atoms with E-state index in [-0.39, 0.29) is 5.91 Å². The van der Waals surface area contributed by atoms with Crippen molar-refractivity contribution in [2.75, 3.05) is 6.54 Å². The molecule has 23 heavy (non-hydrogen) atoms. The topological polar surface area (TPSA) is 34.0 Å². The van der Waals surface area contributed by atoms with E-state index in [0.717, 1.165) is 22.1 Å². The standard InChI is InChI=1S/C19H19IN2O/c1-14-13-15-7-2-5-10-18(15)22(14)12-6-11-21-19(23)16-8-3-4-9-17(16)20/h2-5,7-10,13H,6,11-12H2,1H3,(H,21,23). The normalized spacial score (nSPS) is 10.9. The lowest BCUT2D eigenvalue weighted by Crippen LogP contribution is -2.26. The van der Waals surface area contributed by atoms with Gasteiger partial charge >= 0.3 is 0 Å². The number of nitrogens with one attached hydrogen (secondary N) is 1. The van der Waals surface area contributed by atoms with E-state index in [1.54, 1.807) is 0 Å². The highest BCUT2D eigenvalue weighted by atomic mass is 127. The summed E-state index contributed by atoms with van der Waals surface area (Å²) >= 11 is 2.19. The molecule has 0 saturated carbocycles. The van der Waals surface area contributed by atoms with Crippen molar-refractivity contribution in [2.45, 2.75) is 19.9 Å². The van der Waals surface area contributed by atoms with Crippen LogP contribution in [0.4, 0.5) is 0 Å². The Bertz CT molecular complexity index is 838. The van der Waals surface area contributed by atoms with E-state index in [4.69, 9.17) is 0 Å². The Hall–Kier alpha value is -1.82. The van der Waals surface area contributed by atoms with Crippen molar-refractivity contribution >= 4 is 39.4 Å². The first-order valence-corrected chi connectivity index (χ1v) is 8.82. The largest absolute Gasteiger partial charge is 0.352 e. The lowest BCUT2D eigenvalue weighted by molar-refractivity contribution is 0.0952. The number of aryl methyl sites for hydroxylation is 2. The number of aromatic nitrogens is 1. The van der Waals surface area contributed by atoms with E-state index >= 15 is 0 Å². The fraction of sp³-hybridized carbons (Fsp3) is 0.211. The van der Waals surface area contributed by atoms with E-state index in [2.05, 4.69) is 69.7 Å². The maximum absolute atomic E-state index is 12.2. The minimum Gasteiger partial charge on any atom is -0.352 e. The van der Waals surface area contributed by atoms with Crippen LogP contribution in [0.2, 0.25) is 0 Å². The van der Waals surface area contributed by atoms with Gasteiger partial charge in [0.25, 0.3) is 5.91 Å². The van der Waals surface area contributed by atoms with Crippen LogP contribution < -0.4 is 5.32 Å². The number of hydrogen-bond donors (Lipinski definition) is 1. The zero-order valence-corrected chi connectivity index (χ0v) is 15.2. The van der Waals surface area contributed by atoms with Gasteiger partial charge < -0.3 is 9.88 Å². The average molecular weight is 418 g/mol. The highest BCUT2D eigenvalue weighted by Gasteiger charge is 2.08. The molecule has 2 aromatic carbocycles. The highest BCUT2D eigenvalue weighted by Crippen LogP contribution is 2.19. The molecule has 0 bridgehead atoms. The molecule has 0 saturated heterocycles. The maximum Gasteiger partial charge on any atom is 0.252 e. The summed E-state index contributed by atoms with van der Waals surface area (Å²) in [7, 11) is 0. The SMILES string of the molecule is Cc1cc2ccccc2n1CCCNC(=O)c1ccccc1I. The first-order chi connectivity index (χ1) is 11.2. The Morgan fingerprint density at radius 1 is 1.13 bits per heavy atom. The van der Waals surface area contributed by atoms with Crippen molar-refractivity contribution in [1.82, 2.24) is 9.88 Å². The van der Waals surface area contributed by atoms with Crippen molar-refractivity contribution in [3.05, 3.63) is 69.4 Å². The second-order valence-corrected chi connectivity index (χ2v) is 6.75. The third kappa shape index (κ3) is 3.58. The van der Waals surface area contributed by atoms with E-state index < -0.39 is 0 Å². The molecule has 118 valence electrons. The van der Waals surface area contributed by atoms with Crippen LogP contribution in [0.15, 0.2) is 54.6 Å². The van der Waals surface area contributed by atoms with E-state index in [1.165, 1.54) is 16.6 Å². The molecule has 1 aromatic heterocycles. The number of hydrogen-bond acceptors (Lipinski definition) is 1. The van der Waals surface area contributed by atoms with Gasteiger partial charge in [-0.25, -0.2) is 0 Å². The molecule has 4 heteroatoms. The second kappa shape index (κ2) is 7.17. The first kappa shape index (κ1) is 16.1. The minimum absolute atomic E-state index is 0.00378. The molecule has 3 aromatic rings. The summed E-state index contributed by atoms with van der Waals surface area (Å²) in [6, 6.07) is 18.3. The van der Waals surface area contributed by atoms with Crippen LogP contribution in [0, 0.1) is 10.5 Å². The Morgan fingerprint density at radius 3 is 2.70 bits per heavy atom. The number of rotatable bonds is 5. The van der Waals surface area contributed by atoms with Gasteiger partial charge in [0, 0.05) is 27.9 Å². The fourth-order valence-corrected chi connectivity index (χ4v) is 3.46. The van der Waals surface area contributed by atoms with Crippen molar-refractivity contribution in [3.63, 3.8) is 0 Å². The summed E-state index contributed by atoms with van der Waals surface area (Å²) in [4.78, 5) is 12.2. The van der Waals surface area contributed by atoms with Gasteiger partial charge in [-0.2, -0.15) is 0 Å². The van der Waals surface area contributed by atoms with Gasteiger partial charge in [0.05, 0.1) is 5.56 Å². The monoisotopic (exact) mass is 418 g/mol. The van der Waals surface area contributed by atoms with Gasteiger partial charge in [-0.05, 0) is 65.6 Å². The molecule has 0 radical (unpaired) electrons. The van der Waals surface area contributed by atoms with Gasteiger partial charge in [-0.3, -0.25) is 4.79 Å². The number of nitrogens with zero attached hydrogens (tertiary/aromatic N) is 1. The molecule has 3 rings (SSSR count). The van der Waals surface area contributed by atoms with Crippen molar-refractivity contribution in [3.8, 4) is 0 Å². The zero-order chi connectivity index (χ0) is 16.2. The quantitative estimate of drug-likeness (QED) is 0.485. The van der Waals surface area contributed by atoms with Crippen LogP contribution in [0.5, 0.6) is 0 Å². The minimum atomic E-state index is 0.00378. The summed E-state index contributed by atoms with van der Waals surface area (Å²) in [6.07, 6.45) is 0.911. The third-order valence-corrected chi connectivity index (χ3v) is 4.92. The zero-order valence-electron chi connectivity index (χ0n) is 13.1. The third-order valence-electron chi connectivity index (χ3n) is 3.98. The van der Waals surface area contributed by atoms with E-state index in [9.17, 15) is 4.79 Å². The number of para-hydroxylation sites is 1. The van der Waals surface area contributed by atoms with Crippen molar-refractivity contribution in [1.29, 1.82) is 0 Å². The molecular formula is C19H19IN2O. The predicted molar refractivity (Wildman–Crippen MR) is 103 cm³/mol. The van der Waals surface area contributed by atoms with Gasteiger partial charge in [-0.1, -0.05) is 30.3 Å². The molecule has 0 fully saturated rings. The second-order valence-electron chi connectivity index (χ2n) is 5.59. The molecule has 1 amide bonds.